The fraction of sp³-hybridized carbons (Fsp3) is 0.562. The number of hydrogen-bond donors (Lipinski definition) is 2. The Morgan fingerprint density at radius 2 is 1.86 bits per heavy atom. The van der Waals surface area contributed by atoms with Crippen molar-refractivity contribution in [2.75, 3.05) is 40.8 Å². The van der Waals surface area contributed by atoms with Crippen molar-refractivity contribution >= 4 is 29.9 Å². The van der Waals surface area contributed by atoms with Gasteiger partial charge in [0.2, 0.25) is 0 Å². The molecule has 0 aliphatic heterocycles. The number of nitrogens with zero attached hydrogens (tertiary/aromatic N) is 2. The van der Waals surface area contributed by atoms with Gasteiger partial charge in [-0.25, -0.2) is 4.99 Å². The standard InChI is InChI=1S/C16H28N4O.HI/c1-5-17-16(18-11-6-12-20(2)3)19-13-14-7-9-15(21-4)10-8-14;/h7-10H,5-6,11-13H2,1-4H3,(H2,17,18,19);1H. The van der Waals surface area contributed by atoms with Crippen molar-refractivity contribution in [1.82, 2.24) is 15.5 Å². The number of ether oxygens (including phenoxy) is 1. The molecular formula is C16H29IN4O. The second kappa shape index (κ2) is 12.5. The Bertz CT molecular complexity index is 421. The summed E-state index contributed by atoms with van der Waals surface area (Å²) in [5.41, 5.74) is 1.17. The van der Waals surface area contributed by atoms with Crippen LogP contribution in [0.15, 0.2) is 29.3 Å². The minimum Gasteiger partial charge on any atom is -0.497 e. The first-order valence-electron chi connectivity index (χ1n) is 7.45. The third kappa shape index (κ3) is 9.09. The van der Waals surface area contributed by atoms with E-state index in [0.717, 1.165) is 37.8 Å². The van der Waals surface area contributed by atoms with Crippen molar-refractivity contribution < 1.29 is 4.74 Å². The van der Waals surface area contributed by atoms with Crippen molar-refractivity contribution in [1.29, 1.82) is 0 Å². The fourth-order valence-corrected chi connectivity index (χ4v) is 1.85. The van der Waals surface area contributed by atoms with Gasteiger partial charge in [-0.3, -0.25) is 0 Å². The van der Waals surface area contributed by atoms with E-state index in [0.29, 0.717) is 6.54 Å². The highest BCUT2D eigenvalue weighted by Crippen LogP contribution is 2.11. The SMILES string of the molecule is CCNC(=NCc1ccc(OC)cc1)NCCCN(C)C.I. The number of benzene rings is 1. The Labute approximate surface area is 151 Å². The molecule has 0 aromatic heterocycles. The Hall–Kier alpha value is -1.02. The summed E-state index contributed by atoms with van der Waals surface area (Å²) < 4.78 is 5.15. The zero-order valence-electron chi connectivity index (χ0n) is 14.1. The number of halogens is 1. The summed E-state index contributed by atoms with van der Waals surface area (Å²) in [6, 6.07) is 8.00. The first-order valence-corrected chi connectivity index (χ1v) is 7.45. The maximum Gasteiger partial charge on any atom is 0.191 e. The van der Waals surface area contributed by atoms with Crippen LogP contribution in [-0.4, -0.2) is 51.7 Å². The maximum absolute atomic E-state index is 5.15. The zero-order valence-corrected chi connectivity index (χ0v) is 16.4. The average Bonchev–Trinajstić information content (AvgIpc) is 2.49. The summed E-state index contributed by atoms with van der Waals surface area (Å²) in [6.45, 7) is 5.59. The van der Waals surface area contributed by atoms with Crippen molar-refractivity contribution in [2.24, 2.45) is 4.99 Å². The van der Waals surface area contributed by atoms with Crippen LogP contribution in [0, 0.1) is 0 Å². The first kappa shape index (κ1) is 21.0. The highest BCUT2D eigenvalue weighted by molar-refractivity contribution is 14.0. The van der Waals surface area contributed by atoms with E-state index in [4.69, 9.17) is 4.74 Å². The topological polar surface area (TPSA) is 48.9 Å². The van der Waals surface area contributed by atoms with Gasteiger partial charge in [0.05, 0.1) is 13.7 Å². The average molecular weight is 420 g/mol. The Balaban J connectivity index is 0.00000441. The molecule has 6 heteroatoms. The Kier molecular flexibility index (Phi) is 11.9. The van der Waals surface area contributed by atoms with Gasteiger partial charge in [0.25, 0.3) is 0 Å². The molecule has 2 N–H and O–H groups in total. The molecular weight excluding hydrogens is 391 g/mol. The van der Waals surface area contributed by atoms with Crippen LogP contribution in [0.25, 0.3) is 0 Å². The maximum atomic E-state index is 5.15. The molecule has 0 fully saturated rings. The van der Waals surface area contributed by atoms with E-state index in [-0.39, 0.29) is 24.0 Å². The van der Waals surface area contributed by atoms with E-state index in [1.807, 2.05) is 24.3 Å². The van der Waals surface area contributed by atoms with E-state index in [9.17, 15) is 0 Å². The number of guanidine groups is 1. The molecule has 0 aliphatic rings. The number of methoxy groups -OCH3 is 1. The lowest BCUT2D eigenvalue weighted by Crippen LogP contribution is -2.38. The lowest BCUT2D eigenvalue weighted by molar-refractivity contribution is 0.399. The molecule has 1 aromatic carbocycles. The summed E-state index contributed by atoms with van der Waals surface area (Å²) in [5.74, 6) is 1.74. The molecule has 0 amide bonds. The number of hydrogen-bond acceptors (Lipinski definition) is 3. The minimum atomic E-state index is 0. The molecule has 0 radical (unpaired) electrons. The second-order valence-electron chi connectivity index (χ2n) is 5.13. The van der Waals surface area contributed by atoms with Gasteiger partial charge in [-0.1, -0.05) is 12.1 Å². The molecule has 126 valence electrons. The predicted molar refractivity (Wildman–Crippen MR) is 104 cm³/mol. The van der Waals surface area contributed by atoms with Crippen LogP contribution in [0.2, 0.25) is 0 Å². The van der Waals surface area contributed by atoms with Crippen molar-refractivity contribution in [2.45, 2.75) is 19.9 Å². The van der Waals surface area contributed by atoms with E-state index in [1.165, 1.54) is 5.56 Å². The Morgan fingerprint density at radius 1 is 1.18 bits per heavy atom. The quantitative estimate of drug-likeness (QED) is 0.293. The molecule has 0 saturated heterocycles. The van der Waals surface area contributed by atoms with Crippen LogP contribution in [0.4, 0.5) is 0 Å². The summed E-state index contributed by atoms with van der Waals surface area (Å²) >= 11 is 0. The predicted octanol–water partition coefficient (Wildman–Crippen LogP) is 2.32. The molecule has 1 aromatic rings. The molecule has 5 nitrogen and oxygen atoms in total. The van der Waals surface area contributed by atoms with Crippen LogP contribution in [0.3, 0.4) is 0 Å². The molecule has 0 heterocycles. The molecule has 0 aliphatic carbocycles. The lowest BCUT2D eigenvalue weighted by atomic mass is 10.2. The summed E-state index contributed by atoms with van der Waals surface area (Å²) in [6.07, 6.45) is 1.10. The normalized spacial score (nSPS) is 11.0. The van der Waals surface area contributed by atoms with Gasteiger partial charge >= 0.3 is 0 Å². The highest BCUT2D eigenvalue weighted by Gasteiger charge is 1.98. The third-order valence-corrected chi connectivity index (χ3v) is 3.00. The van der Waals surface area contributed by atoms with Crippen LogP contribution in [-0.2, 0) is 6.54 Å². The fourth-order valence-electron chi connectivity index (χ4n) is 1.85. The molecule has 0 bridgehead atoms. The van der Waals surface area contributed by atoms with E-state index in [1.54, 1.807) is 7.11 Å². The van der Waals surface area contributed by atoms with Gasteiger partial charge in [-0.15, -0.1) is 24.0 Å². The van der Waals surface area contributed by atoms with Crippen LogP contribution in [0.5, 0.6) is 5.75 Å². The van der Waals surface area contributed by atoms with Crippen LogP contribution >= 0.6 is 24.0 Å². The van der Waals surface area contributed by atoms with Gasteiger partial charge in [0, 0.05) is 13.1 Å². The third-order valence-electron chi connectivity index (χ3n) is 3.00. The molecule has 0 unspecified atom stereocenters. The summed E-state index contributed by atoms with van der Waals surface area (Å²) in [7, 11) is 5.85. The van der Waals surface area contributed by atoms with Crippen molar-refractivity contribution in [3.63, 3.8) is 0 Å². The molecule has 0 atom stereocenters. The number of nitrogens with one attached hydrogen (secondary N) is 2. The first-order chi connectivity index (χ1) is 10.2. The monoisotopic (exact) mass is 420 g/mol. The minimum absolute atomic E-state index is 0. The summed E-state index contributed by atoms with van der Waals surface area (Å²) in [5, 5.41) is 6.62. The zero-order chi connectivity index (χ0) is 15.5. The van der Waals surface area contributed by atoms with Gasteiger partial charge in [-0.2, -0.15) is 0 Å². The smallest absolute Gasteiger partial charge is 0.191 e. The second-order valence-corrected chi connectivity index (χ2v) is 5.13. The van der Waals surface area contributed by atoms with Gasteiger partial charge in [-0.05, 0) is 51.7 Å². The molecule has 0 spiro atoms. The van der Waals surface area contributed by atoms with Crippen molar-refractivity contribution in [3.05, 3.63) is 29.8 Å². The van der Waals surface area contributed by atoms with E-state index >= 15 is 0 Å². The van der Waals surface area contributed by atoms with E-state index in [2.05, 4.69) is 41.5 Å². The lowest BCUT2D eigenvalue weighted by Gasteiger charge is -2.13. The van der Waals surface area contributed by atoms with Gasteiger partial charge in [0.15, 0.2) is 5.96 Å². The Morgan fingerprint density at radius 3 is 2.41 bits per heavy atom. The van der Waals surface area contributed by atoms with Gasteiger partial charge < -0.3 is 20.3 Å². The number of aliphatic imine (C=N–C) groups is 1. The summed E-state index contributed by atoms with van der Waals surface area (Å²) in [4.78, 5) is 6.78. The number of rotatable bonds is 8. The van der Waals surface area contributed by atoms with E-state index < -0.39 is 0 Å². The van der Waals surface area contributed by atoms with Gasteiger partial charge in [0.1, 0.15) is 5.75 Å². The van der Waals surface area contributed by atoms with Crippen LogP contribution < -0.4 is 15.4 Å². The van der Waals surface area contributed by atoms with Crippen LogP contribution in [0.1, 0.15) is 18.9 Å². The largest absolute Gasteiger partial charge is 0.497 e. The highest BCUT2D eigenvalue weighted by atomic mass is 127. The molecule has 1 rings (SSSR count). The van der Waals surface area contributed by atoms with Crippen molar-refractivity contribution in [3.8, 4) is 5.75 Å². The molecule has 22 heavy (non-hydrogen) atoms. The molecule has 0 saturated carbocycles.